The molecule has 1 aliphatic heterocycles. The highest BCUT2D eigenvalue weighted by molar-refractivity contribution is 6.48. The summed E-state index contributed by atoms with van der Waals surface area (Å²) in [5, 5.41) is 16.2. The van der Waals surface area contributed by atoms with Gasteiger partial charge in [-0.15, -0.1) is 0 Å². The van der Waals surface area contributed by atoms with Crippen LogP contribution < -0.4 is 4.74 Å². The van der Waals surface area contributed by atoms with Crippen LogP contribution in [-0.4, -0.2) is 37.0 Å². The predicted molar refractivity (Wildman–Crippen MR) is 61.1 cm³/mol. The lowest BCUT2D eigenvalue weighted by atomic mass is 10.1. The number of ether oxygens (including phenoxy) is 1. The van der Waals surface area contributed by atoms with Crippen LogP contribution in [0.4, 0.5) is 0 Å². The Balaban J connectivity index is 2.27. The molecule has 0 unspecified atom stereocenters. The molecule has 1 aromatic rings. The van der Waals surface area contributed by atoms with E-state index in [1.807, 2.05) is 18.2 Å². The number of aliphatic hydroxyl groups excluding tert-OH is 1. The summed E-state index contributed by atoms with van der Waals surface area (Å²) in [5.74, 6) is 0.871. The van der Waals surface area contributed by atoms with E-state index in [4.69, 9.17) is 19.5 Å². The van der Waals surface area contributed by atoms with Crippen molar-refractivity contribution in [3.05, 3.63) is 29.8 Å². The van der Waals surface area contributed by atoms with Gasteiger partial charge in [-0.25, -0.2) is 0 Å². The van der Waals surface area contributed by atoms with E-state index in [0.29, 0.717) is 11.5 Å². The van der Waals surface area contributed by atoms with E-state index < -0.39 is 0 Å². The molecule has 0 saturated heterocycles. The molecule has 6 heteroatoms. The second-order valence-corrected chi connectivity index (χ2v) is 3.17. The Bertz CT molecular complexity index is 457. The molecule has 1 aromatic carbocycles. The first-order valence-electron chi connectivity index (χ1n) is 5.06. The summed E-state index contributed by atoms with van der Waals surface area (Å²) in [6, 6.07) is 7.36. The predicted octanol–water partition coefficient (Wildman–Crippen LogP) is 0.752. The van der Waals surface area contributed by atoms with Gasteiger partial charge >= 0.3 is 0 Å². The van der Waals surface area contributed by atoms with Gasteiger partial charge in [-0.2, -0.15) is 0 Å². The van der Waals surface area contributed by atoms with Gasteiger partial charge in [0.15, 0.2) is 5.71 Å². The van der Waals surface area contributed by atoms with Crippen molar-refractivity contribution in [1.82, 2.24) is 0 Å². The molecule has 0 saturated carbocycles. The number of hydrogen-bond donors (Lipinski definition) is 1. The third-order valence-electron chi connectivity index (χ3n) is 2.06. The number of hydrogen-bond acceptors (Lipinski definition) is 6. The van der Waals surface area contributed by atoms with Gasteiger partial charge in [0.2, 0.25) is 0 Å². The third-order valence-corrected chi connectivity index (χ3v) is 2.06. The quantitative estimate of drug-likeness (QED) is 0.618. The fraction of sp³-hybridized carbons (Fsp3) is 0.273. The number of oxime groups is 2. The second kappa shape index (κ2) is 5.31. The Morgan fingerprint density at radius 1 is 1.29 bits per heavy atom. The highest BCUT2D eigenvalue weighted by atomic mass is 16.7. The molecule has 90 valence electrons. The molecule has 1 N–H and O–H groups in total. The molecule has 0 spiro atoms. The topological polar surface area (TPSA) is 72.6 Å². The van der Waals surface area contributed by atoms with Crippen molar-refractivity contribution >= 4 is 11.6 Å². The van der Waals surface area contributed by atoms with Crippen molar-refractivity contribution in [2.75, 3.05) is 20.3 Å². The molecule has 0 radical (unpaired) electrons. The minimum absolute atomic E-state index is 0.101. The lowest BCUT2D eigenvalue weighted by molar-refractivity contribution is 0.0960. The first-order valence-corrected chi connectivity index (χ1v) is 5.06. The number of fused-ring (bicyclic) bond motifs is 1. The van der Waals surface area contributed by atoms with Gasteiger partial charge in [-0.1, -0.05) is 17.3 Å². The Morgan fingerprint density at radius 2 is 2.12 bits per heavy atom. The van der Waals surface area contributed by atoms with Gasteiger partial charge in [0.1, 0.15) is 19.5 Å². The number of rotatable bonds is 4. The Labute approximate surface area is 98.1 Å². The van der Waals surface area contributed by atoms with Gasteiger partial charge in [-0.05, 0) is 17.3 Å². The van der Waals surface area contributed by atoms with Crippen LogP contribution in [0.1, 0.15) is 5.56 Å². The maximum atomic E-state index is 8.59. The zero-order valence-corrected chi connectivity index (χ0v) is 9.29. The van der Waals surface area contributed by atoms with Crippen LogP contribution in [0, 0.1) is 0 Å². The second-order valence-electron chi connectivity index (χ2n) is 3.17. The largest absolute Gasteiger partial charge is 0.434 e. The summed E-state index contributed by atoms with van der Waals surface area (Å²) in [6.45, 7) is -0.00997. The average Bonchev–Trinajstić information content (AvgIpc) is 2.69. The summed E-state index contributed by atoms with van der Waals surface area (Å²) >= 11 is 0. The Morgan fingerprint density at radius 3 is 2.88 bits per heavy atom. The van der Waals surface area contributed by atoms with Crippen molar-refractivity contribution in [3.8, 4) is 5.75 Å². The summed E-state index contributed by atoms with van der Waals surface area (Å²) in [5.41, 5.74) is 1.27. The first-order chi connectivity index (χ1) is 8.36. The first kappa shape index (κ1) is 11.4. The van der Waals surface area contributed by atoms with E-state index in [2.05, 4.69) is 10.3 Å². The van der Waals surface area contributed by atoms with Crippen LogP contribution in [0.3, 0.4) is 0 Å². The molecule has 0 atom stereocenters. The lowest BCUT2D eigenvalue weighted by Crippen LogP contribution is -2.15. The lowest BCUT2D eigenvalue weighted by Gasteiger charge is -1.98. The van der Waals surface area contributed by atoms with Gasteiger partial charge in [0.05, 0.1) is 12.2 Å². The summed E-state index contributed by atoms with van der Waals surface area (Å²) in [6.07, 6.45) is 0. The van der Waals surface area contributed by atoms with Gasteiger partial charge < -0.3 is 19.5 Å². The molecule has 1 aliphatic rings. The molecule has 6 nitrogen and oxygen atoms in total. The minimum Gasteiger partial charge on any atom is -0.434 e. The Kier molecular flexibility index (Phi) is 3.56. The van der Waals surface area contributed by atoms with Crippen molar-refractivity contribution in [1.29, 1.82) is 0 Å². The number of benzene rings is 1. The van der Waals surface area contributed by atoms with Crippen LogP contribution in [-0.2, 0) is 9.68 Å². The average molecular weight is 236 g/mol. The molecule has 0 bridgehead atoms. The maximum absolute atomic E-state index is 8.59. The molecular weight excluding hydrogens is 224 g/mol. The van der Waals surface area contributed by atoms with Crippen LogP contribution in [0.25, 0.3) is 0 Å². The van der Waals surface area contributed by atoms with E-state index in [1.54, 1.807) is 6.07 Å². The van der Waals surface area contributed by atoms with E-state index in [9.17, 15) is 0 Å². The summed E-state index contributed by atoms with van der Waals surface area (Å²) < 4.78 is 5.45. The van der Waals surface area contributed by atoms with E-state index in [-0.39, 0.29) is 19.1 Å². The van der Waals surface area contributed by atoms with Gasteiger partial charge in [0, 0.05) is 0 Å². The monoisotopic (exact) mass is 236 g/mol. The van der Waals surface area contributed by atoms with Crippen LogP contribution in [0.5, 0.6) is 5.75 Å². The van der Waals surface area contributed by atoms with Crippen molar-refractivity contribution in [2.45, 2.75) is 0 Å². The number of para-hydroxylation sites is 1. The van der Waals surface area contributed by atoms with E-state index in [0.717, 1.165) is 5.56 Å². The van der Waals surface area contributed by atoms with E-state index in [1.165, 1.54) is 7.11 Å². The molecule has 0 aliphatic carbocycles. The van der Waals surface area contributed by atoms with E-state index >= 15 is 0 Å². The molecule has 0 amide bonds. The normalized spacial score (nSPS) is 18.0. The van der Waals surface area contributed by atoms with Crippen LogP contribution >= 0.6 is 0 Å². The molecule has 0 fully saturated rings. The van der Waals surface area contributed by atoms with Gasteiger partial charge in [0.25, 0.3) is 5.90 Å². The fourth-order valence-corrected chi connectivity index (χ4v) is 1.41. The molecule has 0 aromatic heterocycles. The highest BCUT2D eigenvalue weighted by Gasteiger charge is 2.28. The van der Waals surface area contributed by atoms with Crippen LogP contribution in [0.2, 0.25) is 0 Å². The fourth-order valence-electron chi connectivity index (χ4n) is 1.41. The third kappa shape index (κ3) is 2.36. The van der Waals surface area contributed by atoms with Crippen molar-refractivity contribution in [3.63, 3.8) is 0 Å². The SMILES string of the molecule is CON=C1C(=NOCCO)Oc2ccccc21. The zero-order valence-electron chi connectivity index (χ0n) is 9.29. The standard InChI is InChI=1S/C11H12N2O4/c1-15-12-10-8-4-2-3-5-9(8)17-11(10)13-16-7-6-14/h2-5,14H,6-7H2,1H3. The maximum Gasteiger partial charge on any atom is 0.286 e. The highest BCUT2D eigenvalue weighted by Crippen LogP contribution is 2.26. The van der Waals surface area contributed by atoms with Crippen LogP contribution in [0.15, 0.2) is 34.6 Å². The number of nitrogens with zero attached hydrogens (tertiary/aromatic N) is 2. The molecule has 2 rings (SSSR count). The zero-order chi connectivity index (χ0) is 12.1. The molecular formula is C11H12N2O4. The number of aliphatic hydroxyl groups is 1. The smallest absolute Gasteiger partial charge is 0.286 e. The summed E-state index contributed by atoms with van der Waals surface area (Å²) in [7, 11) is 1.44. The van der Waals surface area contributed by atoms with Crippen molar-refractivity contribution < 1.29 is 19.5 Å². The summed E-state index contributed by atoms with van der Waals surface area (Å²) in [4.78, 5) is 9.59. The minimum atomic E-state index is -0.111. The molecule has 1 heterocycles. The van der Waals surface area contributed by atoms with Gasteiger partial charge in [-0.3, -0.25) is 0 Å². The molecule has 17 heavy (non-hydrogen) atoms. The Hall–Kier alpha value is -2.08. The van der Waals surface area contributed by atoms with Crippen molar-refractivity contribution in [2.24, 2.45) is 10.3 Å².